The van der Waals surface area contributed by atoms with E-state index in [1.165, 1.54) is 5.56 Å². The second-order valence-corrected chi connectivity index (χ2v) is 5.45. The molecule has 1 amide bonds. The van der Waals surface area contributed by atoms with Crippen LogP contribution in [0.25, 0.3) is 0 Å². The van der Waals surface area contributed by atoms with Crippen LogP contribution in [0.5, 0.6) is 11.5 Å². The van der Waals surface area contributed by atoms with Gasteiger partial charge in [0.1, 0.15) is 13.2 Å². The summed E-state index contributed by atoms with van der Waals surface area (Å²) < 4.78 is 11.0. The van der Waals surface area contributed by atoms with Crippen molar-refractivity contribution in [2.45, 2.75) is 13.3 Å². The number of ether oxygens (including phenoxy) is 2. The topological polar surface area (TPSA) is 59.6 Å². The summed E-state index contributed by atoms with van der Waals surface area (Å²) in [5.74, 6) is 1.49. The van der Waals surface area contributed by atoms with E-state index in [1.807, 2.05) is 49.4 Å². The van der Waals surface area contributed by atoms with Crippen LogP contribution in [-0.4, -0.2) is 25.7 Å². The molecule has 0 unspecified atom stereocenters. The lowest BCUT2D eigenvalue weighted by Gasteiger charge is -2.19. The molecule has 120 valence electrons. The van der Waals surface area contributed by atoms with Crippen molar-refractivity contribution in [2.24, 2.45) is 0 Å². The summed E-state index contributed by atoms with van der Waals surface area (Å²) in [6, 6.07) is 13.5. The van der Waals surface area contributed by atoms with Gasteiger partial charge in [-0.25, -0.2) is 0 Å². The highest BCUT2D eigenvalue weighted by atomic mass is 16.6. The van der Waals surface area contributed by atoms with E-state index in [2.05, 4.69) is 10.6 Å². The predicted molar refractivity (Wildman–Crippen MR) is 90.3 cm³/mol. The van der Waals surface area contributed by atoms with E-state index in [4.69, 9.17) is 9.47 Å². The van der Waals surface area contributed by atoms with Gasteiger partial charge in [-0.2, -0.15) is 0 Å². The van der Waals surface area contributed by atoms with Crippen LogP contribution < -0.4 is 20.1 Å². The van der Waals surface area contributed by atoms with Gasteiger partial charge in [0, 0.05) is 30.4 Å². The Morgan fingerprint density at radius 1 is 1.00 bits per heavy atom. The van der Waals surface area contributed by atoms with Gasteiger partial charge >= 0.3 is 0 Å². The number of amides is 1. The molecule has 2 aromatic rings. The molecule has 0 saturated carbocycles. The summed E-state index contributed by atoms with van der Waals surface area (Å²) in [7, 11) is 0. The molecule has 0 saturated heterocycles. The van der Waals surface area contributed by atoms with Crippen LogP contribution >= 0.6 is 0 Å². The molecule has 1 aliphatic heterocycles. The molecule has 2 N–H and O–H groups in total. The van der Waals surface area contributed by atoms with E-state index in [-0.39, 0.29) is 5.91 Å². The minimum Gasteiger partial charge on any atom is -0.486 e. The van der Waals surface area contributed by atoms with E-state index in [1.54, 1.807) is 0 Å². The molecule has 0 aliphatic carbocycles. The summed E-state index contributed by atoms with van der Waals surface area (Å²) in [5, 5.41) is 6.11. The fraction of sp³-hybridized carbons (Fsp3) is 0.278. The molecule has 0 atom stereocenters. The minimum absolute atomic E-state index is 0.0149. The van der Waals surface area contributed by atoms with E-state index in [0.29, 0.717) is 26.2 Å². The van der Waals surface area contributed by atoms with Crippen molar-refractivity contribution in [1.82, 2.24) is 0 Å². The maximum Gasteiger partial charge on any atom is 0.226 e. The lowest BCUT2D eigenvalue weighted by Crippen LogP contribution is -2.17. The van der Waals surface area contributed by atoms with Crippen molar-refractivity contribution in [2.75, 3.05) is 30.4 Å². The monoisotopic (exact) mass is 312 g/mol. The minimum atomic E-state index is -0.0149. The third-order valence-corrected chi connectivity index (χ3v) is 3.56. The largest absolute Gasteiger partial charge is 0.486 e. The molecule has 2 aromatic carbocycles. The molecule has 0 fully saturated rings. The Hall–Kier alpha value is -2.69. The molecule has 0 radical (unpaired) electrons. The van der Waals surface area contributed by atoms with Crippen molar-refractivity contribution >= 4 is 17.3 Å². The van der Waals surface area contributed by atoms with Crippen molar-refractivity contribution in [3.8, 4) is 11.5 Å². The maximum atomic E-state index is 11.9. The number of hydrogen-bond donors (Lipinski definition) is 2. The highest BCUT2D eigenvalue weighted by molar-refractivity contribution is 5.91. The Labute approximate surface area is 135 Å². The van der Waals surface area contributed by atoms with Gasteiger partial charge in [-0.3, -0.25) is 4.79 Å². The summed E-state index contributed by atoms with van der Waals surface area (Å²) in [4.78, 5) is 11.9. The molecule has 0 spiro atoms. The van der Waals surface area contributed by atoms with Gasteiger partial charge < -0.3 is 20.1 Å². The zero-order valence-corrected chi connectivity index (χ0v) is 13.1. The van der Waals surface area contributed by atoms with Crippen LogP contribution in [0.15, 0.2) is 42.5 Å². The Kier molecular flexibility index (Phi) is 4.66. The van der Waals surface area contributed by atoms with Gasteiger partial charge in [0.25, 0.3) is 0 Å². The maximum absolute atomic E-state index is 11.9. The molecule has 0 bridgehead atoms. The van der Waals surface area contributed by atoms with Crippen LogP contribution in [0.3, 0.4) is 0 Å². The standard InChI is InChI=1S/C18H20N2O3/c1-13-2-4-14(5-3-13)20-18(21)8-9-19-15-6-7-16-17(12-15)23-11-10-22-16/h2-7,12,19H,8-11H2,1H3,(H,20,21). The molecule has 5 nitrogen and oxygen atoms in total. The fourth-order valence-corrected chi connectivity index (χ4v) is 2.33. The third-order valence-electron chi connectivity index (χ3n) is 3.56. The molecule has 0 aromatic heterocycles. The molecule has 1 aliphatic rings. The van der Waals surface area contributed by atoms with Crippen molar-refractivity contribution in [1.29, 1.82) is 0 Å². The van der Waals surface area contributed by atoms with Crippen LogP contribution in [0.2, 0.25) is 0 Å². The second kappa shape index (κ2) is 7.05. The fourth-order valence-electron chi connectivity index (χ4n) is 2.33. The molecule has 5 heteroatoms. The quantitative estimate of drug-likeness (QED) is 0.890. The van der Waals surface area contributed by atoms with E-state index in [9.17, 15) is 4.79 Å². The highest BCUT2D eigenvalue weighted by Gasteiger charge is 2.11. The van der Waals surface area contributed by atoms with Gasteiger partial charge in [0.15, 0.2) is 11.5 Å². The number of benzene rings is 2. The van der Waals surface area contributed by atoms with Crippen LogP contribution in [-0.2, 0) is 4.79 Å². The average Bonchev–Trinajstić information content (AvgIpc) is 2.57. The van der Waals surface area contributed by atoms with Crippen LogP contribution in [0, 0.1) is 6.92 Å². The molecule has 1 heterocycles. The predicted octanol–water partition coefficient (Wildman–Crippen LogP) is 3.21. The summed E-state index contributed by atoms with van der Waals surface area (Å²) in [6.07, 6.45) is 0.391. The zero-order chi connectivity index (χ0) is 16.1. The second-order valence-electron chi connectivity index (χ2n) is 5.45. The van der Waals surface area contributed by atoms with E-state index < -0.39 is 0 Å². The Morgan fingerprint density at radius 3 is 2.48 bits per heavy atom. The van der Waals surface area contributed by atoms with Gasteiger partial charge in [-0.15, -0.1) is 0 Å². The first-order valence-electron chi connectivity index (χ1n) is 7.71. The zero-order valence-electron chi connectivity index (χ0n) is 13.1. The third kappa shape index (κ3) is 4.16. The Morgan fingerprint density at radius 2 is 1.70 bits per heavy atom. The summed E-state index contributed by atoms with van der Waals surface area (Å²) in [6.45, 7) is 3.72. The van der Waals surface area contributed by atoms with Gasteiger partial charge in [-0.05, 0) is 31.2 Å². The first-order valence-corrected chi connectivity index (χ1v) is 7.71. The van der Waals surface area contributed by atoms with Crippen molar-refractivity contribution in [3.63, 3.8) is 0 Å². The van der Waals surface area contributed by atoms with Crippen molar-refractivity contribution in [3.05, 3.63) is 48.0 Å². The number of fused-ring (bicyclic) bond motifs is 1. The van der Waals surface area contributed by atoms with Gasteiger partial charge in [-0.1, -0.05) is 17.7 Å². The molecular weight excluding hydrogens is 292 g/mol. The van der Waals surface area contributed by atoms with Crippen LogP contribution in [0.1, 0.15) is 12.0 Å². The smallest absolute Gasteiger partial charge is 0.226 e. The number of carbonyl (C=O) groups excluding carboxylic acids is 1. The number of rotatable bonds is 5. The molecule has 3 rings (SSSR count). The normalized spacial score (nSPS) is 12.6. The van der Waals surface area contributed by atoms with Crippen LogP contribution in [0.4, 0.5) is 11.4 Å². The lowest BCUT2D eigenvalue weighted by molar-refractivity contribution is -0.115. The number of anilines is 2. The first kappa shape index (κ1) is 15.2. The average molecular weight is 312 g/mol. The number of aryl methyl sites for hydroxylation is 1. The Bertz CT molecular complexity index is 683. The number of hydrogen-bond acceptors (Lipinski definition) is 4. The summed E-state index contributed by atoms with van der Waals surface area (Å²) >= 11 is 0. The highest BCUT2D eigenvalue weighted by Crippen LogP contribution is 2.32. The molecular formula is C18H20N2O3. The summed E-state index contributed by atoms with van der Waals surface area (Å²) in [5.41, 5.74) is 2.90. The van der Waals surface area contributed by atoms with E-state index >= 15 is 0 Å². The number of nitrogens with one attached hydrogen (secondary N) is 2. The SMILES string of the molecule is Cc1ccc(NC(=O)CCNc2ccc3c(c2)OCCO3)cc1. The molecule has 23 heavy (non-hydrogen) atoms. The van der Waals surface area contributed by atoms with Crippen molar-refractivity contribution < 1.29 is 14.3 Å². The Balaban J connectivity index is 1.47. The number of carbonyl (C=O) groups is 1. The lowest BCUT2D eigenvalue weighted by atomic mass is 10.2. The van der Waals surface area contributed by atoms with Gasteiger partial charge in [0.2, 0.25) is 5.91 Å². The van der Waals surface area contributed by atoms with E-state index in [0.717, 1.165) is 22.9 Å². The first-order chi connectivity index (χ1) is 11.2. The van der Waals surface area contributed by atoms with Gasteiger partial charge in [0.05, 0.1) is 0 Å².